The third kappa shape index (κ3) is 3.48. The highest BCUT2D eigenvalue weighted by Gasteiger charge is 2.44. The first kappa shape index (κ1) is 14.5. The number of carboxylic acids is 1. The number of amides is 1. The van der Waals surface area contributed by atoms with E-state index in [9.17, 15) is 22.8 Å². The smallest absolute Gasteiger partial charge is 0.406 e. The Balaban J connectivity index is 2.71. The predicted octanol–water partition coefficient (Wildman–Crippen LogP) is 1.67. The lowest BCUT2D eigenvalue weighted by Crippen LogP contribution is -2.48. The van der Waals surface area contributed by atoms with Crippen molar-refractivity contribution >= 4 is 11.9 Å². The van der Waals surface area contributed by atoms with Crippen molar-refractivity contribution in [3.05, 3.63) is 12.7 Å². The first-order chi connectivity index (χ1) is 8.26. The van der Waals surface area contributed by atoms with Gasteiger partial charge in [-0.2, -0.15) is 13.2 Å². The van der Waals surface area contributed by atoms with Crippen molar-refractivity contribution in [1.82, 2.24) is 4.90 Å². The molecule has 0 bridgehead atoms. The van der Waals surface area contributed by atoms with E-state index in [0.29, 0.717) is 17.7 Å². The number of alkyl halides is 3. The van der Waals surface area contributed by atoms with Gasteiger partial charge in [-0.05, 0) is 12.8 Å². The molecule has 0 aromatic carbocycles. The van der Waals surface area contributed by atoms with E-state index in [2.05, 4.69) is 6.58 Å². The Morgan fingerprint density at radius 2 is 1.89 bits per heavy atom. The molecular weight excluding hydrogens is 251 g/mol. The van der Waals surface area contributed by atoms with Gasteiger partial charge in [-0.3, -0.25) is 9.59 Å². The Morgan fingerprint density at radius 3 is 2.22 bits per heavy atom. The van der Waals surface area contributed by atoms with Crippen LogP contribution in [0.3, 0.4) is 0 Å². The molecule has 0 radical (unpaired) electrons. The van der Waals surface area contributed by atoms with Gasteiger partial charge in [-0.25, -0.2) is 0 Å². The van der Waals surface area contributed by atoms with Crippen molar-refractivity contribution in [2.24, 2.45) is 11.8 Å². The monoisotopic (exact) mass is 265 g/mol. The molecule has 0 aromatic heterocycles. The molecule has 0 spiro atoms. The van der Waals surface area contributed by atoms with Crippen LogP contribution in [-0.4, -0.2) is 41.1 Å². The molecule has 2 atom stereocenters. The third-order valence-corrected chi connectivity index (χ3v) is 2.94. The zero-order chi connectivity index (χ0) is 13.9. The molecule has 1 aliphatic carbocycles. The summed E-state index contributed by atoms with van der Waals surface area (Å²) in [5.41, 5.74) is 0. The predicted molar refractivity (Wildman–Crippen MR) is 56.7 cm³/mol. The Bertz CT molecular complexity index is 354. The minimum Gasteiger partial charge on any atom is -0.481 e. The quantitative estimate of drug-likeness (QED) is 0.769. The van der Waals surface area contributed by atoms with Crippen LogP contribution >= 0.6 is 0 Å². The van der Waals surface area contributed by atoms with Crippen molar-refractivity contribution in [3.8, 4) is 0 Å². The molecule has 7 heteroatoms. The van der Waals surface area contributed by atoms with Gasteiger partial charge in [0.2, 0.25) is 5.91 Å². The van der Waals surface area contributed by atoms with Gasteiger partial charge < -0.3 is 10.0 Å². The van der Waals surface area contributed by atoms with Crippen LogP contribution in [0.1, 0.15) is 12.8 Å². The highest BCUT2D eigenvalue weighted by Crippen LogP contribution is 2.36. The fourth-order valence-electron chi connectivity index (χ4n) is 1.93. The first-order valence-electron chi connectivity index (χ1n) is 5.45. The van der Waals surface area contributed by atoms with E-state index in [-0.39, 0.29) is 6.54 Å². The van der Waals surface area contributed by atoms with Crippen molar-refractivity contribution in [2.45, 2.75) is 19.0 Å². The Kier molecular flexibility index (Phi) is 4.37. The molecule has 1 fully saturated rings. The zero-order valence-electron chi connectivity index (χ0n) is 9.61. The van der Waals surface area contributed by atoms with Gasteiger partial charge in [0.1, 0.15) is 6.54 Å². The molecule has 1 aliphatic rings. The molecule has 0 aromatic rings. The second-order valence-corrected chi connectivity index (χ2v) is 4.25. The fraction of sp³-hybridized carbons (Fsp3) is 0.636. The topological polar surface area (TPSA) is 57.6 Å². The number of rotatable bonds is 5. The molecule has 18 heavy (non-hydrogen) atoms. The van der Waals surface area contributed by atoms with E-state index in [4.69, 9.17) is 5.11 Å². The summed E-state index contributed by atoms with van der Waals surface area (Å²) in [4.78, 5) is 23.2. The molecule has 1 amide bonds. The lowest BCUT2D eigenvalue weighted by Gasteiger charge is -2.36. The number of carboxylic acid groups (broad SMARTS) is 1. The number of nitrogens with zero attached hydrogens (tertiary/aromatic N) is 1. The minimum atomic E-state index is -4.50. The largest absolute Gasteiger partial charge is 0.481 e. The molecule has 4 nitrogen and oxygen atoms in total. The molecule has 2 unspecified atom stereocenters. The molecule has 1 N–H and O–H groups in total. The van der Waals surface area contributed by atoms with E-state index >= 15 is 0 Å². The van der Waals surface area contributed by atoms with Crippen LogP contribution in [0.2, 0.25) is 0 Å². The zero-order valence-corrected chi connectivity index (χ0v) is 9.61. The van der Waals surface area contributed by atoms with Crippen molar-refractivity contribution in [3.63, 3.8) is 0 Å². The standard InChI is InChI=1S/C11H14F3NO3/c1-2-5-15(6-11(12,13)14)9(16)7-3-4-8(7)10(17)18/h2,7-8H,1,3-6H2,(H,17,18). The van der Waals surface area contributed by atoms with Gasteiger partial charge in [0, 0.05) is 6.54 Å². The lowest BCUT2D eigenvalue weighted by atomic mass is 9.73. The molecule has 1 rings (SSSR count). The number of hydrogen-bond acceptors (Lipinski definition) is 2. The van der Waals surface area contributed by atoms with Crippen LogP contribution in [-0.2, 0) is 9.59 Å². The Morgan fingerprint density at radius 1 is 1.33 bits per heavy atom. The van der Waals surface area contributed by atoms with E-state index in [0.717, 1.165) is 0 Å². The Hall–Kier alpha value is -1.53. The molecule has 1 saturated carbocycles. The maximum Gasteiger partial charge on any atom is 0.406 e. The van der Waals surface area contributed by atoms with Gasteiger partial charge in [0.25, 0.3) is 0 Å². The van der Waals surface area contributed by atoms with Crippen LogP contribution in [0.4, 0.5) is 13.2 Å². The van der Waals surface area contributed by atoms with Gasteiger partial charge >= 0.3 is 12.1 Å². The first-order valence-corrected chi connectivity index (χ1v) is 5.45. The normalized spacial score (nSPS) is 23.1. The lowest BCUT2D eigenvalue weighted by molar-refractivity contribution is -0.169. The minimum absolute atomic E-state index is 0.235. The SMILES string of the molecule is C=CCN(CC(F)(F)F)C(=O)C1CCC1C(=O)O. The highest BCUT2D eigenvalue weighted by molar-refractivity contribution is 5.86. The van der Waals surface area contributed by atoms with Gasteiger partial charge in [0.05, 0.1) is 11.8 Å². The van der Waals surface area contributed by atoms with E-state index < -0.39 is 36.4 Å². The van der Waals surface area contributed by atoms with Crippen molar-refractivity contribution < 1.29 is 27.9 Å². The van der Waals surface area contributed by atoms with Crippen LogP contribution < -0.4 is 0 Å². The summed E-state index contributed by atoms with van der Waals surface area (Å²) in [6, 6.07) is 0. The highest BCUT2D eigenvalue weighted by atomic mass is 19.4. The number of hydrogen-bond donors (Lipinski definition) is 1. The fourth-order valence-corrected chi connectivity index (χ4v) is 1.93. The molecule has 0 saturated heterocycles. The summed E-state index contributed by atoms with van der Waals surface area (Å²) in [5, 5.41) is 8.78. The summed E-state index contributed by atoms with van der Waals surface area (Å²) in [6.07, 6.45) is -2.65. The van der Waals surface area contributed by atoms with Crippen LogP contribution in [0.25, 0.3) is 0 Å². The number of carbonyl (C=O) groups is 2. The van der Waals surface area contributed by atoms with Gasteiger partial charge in [0.15, 0.2) is 0 Å². The van der Waals surface area contributed by atoms with Gasteiger partial charge in [-0.1, -0.05) is 6.08 Å². The second kappa shape index (κ2) is 5.41. The van der Waals surface area contributed by atoms with Crippen molar-refractivity contribution in [1.29, 1.82) is 0 Å². The van der Waals surface area contributed by atoms with Crippen LogP contribution in [0.15, 0.2) is 12.7 Å². The maximum absolute atomic E-state index is 12.3. The average Bonchev–Trinajstić information content (AvgIpc) is 2.11. The Labute approximate surface area is 102 Å². The summed E-state index contributed by atoms with van der Waals surface area (Å²) >= 11 is 0. The summed E-state index contributed by atoms with van der Waals surface area (Å²) in [6.45, 7) is 1.68. The van der Waals surface area contributed by atoms with Gasteiger partial charge in [-0.15, -0.1) is 6.58 Å². The number of carbonyl (C=O) groups excluding carboxylic acids is 1. The number of halogens is 3. The summed E-state index contributed by atoms with van der Waals surface area (Å²) < 4.78 is 36.9. The average molecular weight is 265 g/mol. The maximum atomic E-state index is 12.3. The van der Waals surface area contributed by atoms with Crippen LogP contribution in [0.5, 0.6) is 0 Å². The number of aliphatic carboxylic acids is 1. The van der Waals surface area contributed by atoms with E-state index in [1.165, 1.54) is 6.08 Å². The summed E-state index contributed by atoms with van der Waals surface area (Å²) in [7, 11) is 0. The third-order valence-electron chi connectivity index (χ3n) is 2.94. The molecule has 0 aliphatic heterocycles. The molecular formula is C11H14F3NO3. The van der Waals surface area contributed by atoms with E-state index in [1.54, 1.807) is 0 Å². The van der Waals surface area contributed by atoms with Crippen LogP contribution in [0, 0.1) is 11.8 Å². The van der Waals surface area contributed by atoms with Crippen molar-refractivity contribution in [2.75, 3.05) is 13.1 Å². The second-order valence-electron chi connectivity index (χ2n) is 4.25. The molecule has 102 valence electrons. The summed E-state index contributed by atoms with van der Waals surface area (Å²) in [5.74, 6) is -3.60. The molecule has 0 heterocycles. The van der Waals surface area contributed by atoms with E-state index in [1.807, 2.05) is 0 Å².